The van der Waals surface area contributed by atoms with Crippen molar-refractivity contribution in [2.24, 2.45) is 0 Å². The normalized spacial score (nSPS) is 11.4. The van der Waals surface area contributed by atoms with E-state index in [4.69, 9.17) is 0 Å². The lowest BCUT2D eigenvalue weighted by molar-refractivity contribution is 0.310. The Morgan fingerprint density at radius 1 is 1.00 bits per heavy atom. The van der Waals surface area contributed by atoms with Crippen molar-refractivity contribution < 1.29 is 0 Å². The minimum Gasteiger partial charge on any atom is -0.303 e. The van der Waals surface area contributed by atoms with Crippen molar-refractivity contribution in [2.75, 3.05) is 7.05 Å². The van der Waals surface area contributed by atoms with E-state index in [0.29, 0.717) is 0 Å². The van der Waals surface area contributed by atoms with E-state index >= 15 is 0 Å². The van der Waals surface area contributed by atoms with Crippen LogP contribution in [0.2, 0.25) is 0 Å². The molecular weight excluding hydrogens is 300 g/mol. The Balaban J connectivity index is 1.47. The van der Waals surface area contributed by atoms with E-state index in [-0.39, 0.29) is 0 Å². The van der Waals surface area contributed by atoms with Crippen LogP contribution in [0.25, 0.3) is 11.3 Å². The number of hydrogen-bond donors (Lipinski definition) is 0. The van der Waals surface area contributed by atoms with Crippen molar-refractivity contribution in [2.45, 2.75) is 13.1 Å². The number of pyridine rings is 1. The Kier molecular flexibility index (Phi) is 3.80. The van der Waals surface area contributed by atoms with E-state index in [1.165, 1.54) is 0 Å². The highest BCUT2D eigenvalue weighted by Crippen LogP contribution is 2.11. The minimum absolute atomic E-state index is 0.729. The fraction of sp³-hybridized carbons (Fsp3) is 0.167. The van der Waals surface area contributed by atoms with Gasteiger partial charge in [0.1, 0.15) is 5.65 Å². The smallest absolute Gasteiger partial charge is 0.136 e. The molecule has 0 saturated heterocycles. The summed E-state index contributed by atoms with van der Waals surface area (Å²) in [6, 6.07) is 16.0. The Morgan fingerprint density at radius 3 is 2.71 bits per heavy atom. The average Bonchev–Trinajstić information content (AvgIpc) is 3.23. The van der Waals surface area contributed by atoms with Gasteiger partial charge in [-0.15, -0.1) is 5.10 Å². The maximum absolute atomic E-state index is 4.43. The maximum atomic E-state index is 4.43. The van der Waals surface area contributed by atoms with Crippen LogP contribution in [0, 0.1) is 0 Å². The van der Waals surface area contributed by atoms with Gasteiger partial charge in [0.15, 0.2) is 0 Å². The second kappa shape index (κ2) is 6.25. The molecule has 6 nitrogen and oxygen atoms in total. The van der Waals surface area contributed by atoms with Crippen LogP contribution in [0.5, 0.6) is 0 Å². The molecule has 0 fully saturated rings. The average molecular weight is 318 g/mol. The van der Waals surface area contributed by atoms with Gasteiger partial charge in [0.25, 0.3) is 0 Å². The second-order valence-electron chi connectivity index (χ2n) is 5.84. The summed E-state index contributed by atoms with van der Waals surface area (Å²) in [4.78, 5) is 6.63. The van der Waals surface area contributed by atoms with Gasteiger partial charge in [0, 0.05) is 19.3 Å². The number of imidazole rings is 1. The lowest BCUT2D eigenvalue weighted by atomic mass is 10.3. The van der Waals surface area contributed by atoms with Gasteiger partial charge in [-0.25, -0.2) is 9.67 Å². The van der Waals surface area contributed by atoms with E-state index in [0.717, 1.165) is 35.8 Å². The van der Waals surface area contributed by atoms with E-state index in [9.17, 15) is 0 Å². The molecule has 0 aliphatic carbocycles. The summed E-state index contributed by atoms with van der Waals surface area (Å²) in [5.41, 5.74) is 4.08. The number of rotatable bonds is 5. The molecule has 4 aromatic rings. The number of para-hydroxylation sites is 1. The van der Waals surface area contributed by atoms with E-state index in [1.807, 2.05) is 67.1 Å². The maximum Gasteiger partial charge on any atom is 0.136 e. The predicted octanol–water partition coefficient (Wildman–Crippen LogP) is 2.55. The van der Waals surface area contributed by atoms with Crippen molar-refractivity contribution in [1.82, 2.24) is 29.3 Å². The standard InChI is InChI=1S/C18H18N6/c1-22(14-17-11-19-18-9-5-6-10-23(17)18)12-15-13-24(21-20-15)16-7-3-2-4-8-16/h2-11,13H,12,14H2,1H3. The summed E-state index contributed by atoms with van der Waals surface area (Å²) in [5, 5.41) is 8.48. The number of aromatic nitrogens is 5. The molecule has 1 aromatic carbocycles. The summed E-state index contributed by atoms with van der Waals surface area (Å²) in [6.45, 7) is 1.52. The van der Waals surface area contributed by atoms with Crippen LogP contribution in [0.3, 0.4) is 0 Å². The van der Waals surface area contributed by atoms with Crippen LogP contribution in [0.15, 0.2) is 67.1 Å². The van der Waals surface area contributed by atoms with Gasteiger partial charge in [0.05, 0.1) is 29.5 Å². The van der Waals surface area contributed by atoms with Gasteiger partial charge in [-0.2, -0.15) is 0 Å². The molecule has 0 bridgehead atoms. The molecule has 3 aromatic heterocycles. The molecule has 0 radical (unpaired) electrons. The zero-order valence-electron chi connectivity index (χ0n) is 13.4. The van der Waals surface area contributed by atoms with E-state index < -0.39 is 0 Å². The summed E-state index contributed by atoms with van der Waals surface area (Å²) in [7, 11) is 2.07. The van der Waals surface area contributed by atoms with Crippen LogP contribution in [-0.4, -0.2) is 36.3 Å². The molecule has 24 heavy (non-hydrogen) atoms. The largest absolute Gasteiger partial charge is 0.303 e. The number of nitrogens with zero attached hydrogens (tertiary/aromatic N) is 6. The zero-order chi connectivity index (χ0) is 16.4. The summed E-state index contributed by atoms with van der Waals surface area (Å²) >= 11 is 0. The quantitative estimate of drug-likeness (QED) is 0.567. The minimum atomic E-state index is 0.729. The number of hydrogen-bond acceptors (Lipinski definition) is 4. The number of fused-ring (bicyclic) bond motifs is 1. The van der Waals surface area contributed by atoms with Gasteiger partial charge in [-0.3, -0.25) is 4.90 Å². The van der Waals surface area contributed by atoms with Gasteiger partial charge >= 0.3 is 0 Å². The SMILES string of the molecule is CN(Cc1cn(-c2ccccc2)nn1)Cc1cnc2ccccn12. The molecule has 0 aliphatic rings. The van der Waals surface area contributed by atoms with Crippen LogP contribution in [0.1, 0.15) is 11.4 Å². The first kappa shape index (κ1) is 14.6. The third-order valence-corrected chi connectivity index (χ3v) is 3.92. The molecule has 6 heteroatoms. The fourth-order valence-corrected chi connectivity index (χ4v) is 2.79. The second-order valence-corrected chi connectivity index (χ2v) is 5.84. The van der Waals surface area contributed by atoms with Gasteiger partial charge in [0.2, 0.25) is 0 Å². The van der Waals surface area contributed by atoms with Crippen LogP contribution in [-0.2, 0) is 13.1 Å². The molecule has 0 amide bonds. The van der Waals surface area contributed by atoms with Crippen LogP contribution >= 0.6 is 0 Å². The van der Waals surface area contributed by atoms with Crippen LogP contribution in [0.4, 0.5) is 0 Å². The lowest BCUT2D eigenvalue weighted by Gasteiger charge is -2.14. The monoisotopic (exact) mass is 318 g/mol. The first-order valence-electron chi connectivity index (χ1n) is 7.86. The Labute approximate surface area is 140 Å². The molecule has 0 saturated carbocycles. The highest BCUT2D eigenvalue weighted by molar-refractivity contribution is 5.39. The summed E-state index contributed by atoms with van der Waals surface area (Å²) in [5.74, 6) is 0. The van der Waals surface area contributed by atoms with Crippen LogP contribution < -0.4 is 0 Å². The molecule has 120 valence electrons. The molecule has 0 spiro atoms. The molecule has 4 rings (SSSR count). The zero-order valence-corrected chi connectivity index (χ0v) is 13.4. The van der Waals surface area contributed by atoms with Gasteiger partial charge < -0.3 is 4.40 Å². The Hall–Kier alpha value is -2.99. The lowest BCUT2D eigenvalue weighted by Crippen LogP contribution is -2.18. The van der Waals surface area contributed by atoms with Gasteiger partial charge in [-0.1, -0.05) is 29.5 Å². The van der Waals surface area contributed by atoms with Crippen molar-refractivity contribution in [3.8, 4) is 5.69 Å². The summed E-state index contributed by atoms with van der Waals surface area (Å²) in [6.07, 6.45) is 5.93. The first-order valence-corrected chi connectivity index (χ1v) is 7.86. The molecule has 3 heterocycles. The molecule has 0 atom stereocenters. The van der Waals surface area contributed by atoms with E-state index in [1.54, 1.807) is 4.68 Å². The summed E-state index contributed by atoms with van der Waals surface area (Å²) < 4.78 is 3.91. The van der Waals surface area contributed by atoms with Crippen molar-refractivity contribution >= 4 is 5.65 Å². The molecular formula is C18H18N6. The molecule has 0 N–H and O–H groups in total. The van der Waals surface area contributed by atoms with E-state index in [2.05, 4.69) is 31.6 Å². The fourth-order valence-electron chi connectivity index (χ4n) is 2.79. The Bertz CT molecular complexity index is 940. The van der Waals surface area contributed by atoms with Crippen molar-refractivity contribution in [3.63, 3.8) is 0 Å². The number of benzene rings is 1. The first-order chi connectivity index (χ1) is 11.8. The van der Waals surface area contributed by atoms with Crippen molar-refractivity contribution in [3.05, 3.63) is 78.5 Å². The topological polar surface area (TPSA) is 51.2 Å². The molecule has 0 aliphatic heterocycles. The third-order valence-electron chi connectivity index (χ3n) is 3.92. The molecule has 0 unspecified atom stereocenters. The third kappa shape index (κ3) is 2.91. The highest BCUT2D eigenvalue weighted by atomic mass is 15.4. The Morgan fingerprint density at radius 2 is 1.83 bits per heavy atom. The van der Waals surface area contributed by atoms with Crippen molar-refractivity contribution in [1.29, 1.82) is 0 Å². The highest BCUT2D eigenvalue weighted by Gasteiger charge is 2.09. The van der Waals surface area contributed by atoms with Gasteiger partial charge in [-0.05, 0) is 31.3 Å². The predicted molar refractivity (Wildman–Crippen MR) is 91.7 cm³/mol.